The molecule has 0 saturated carbocycles. The topological polar surface area (TPSA) is 76.0 Å². The summed E-state index contributed by atoms with van der Waals surface area (Å²) >= 11 is 0. The van der Waals surface area contributed by atoms with Crippen molar-refractivity contribution in [2.24, 2.45) is 0 Å². The van der Waals surface area contributed by atoms with Crippen LogP contribution in [-0.4, -0.2) is 33.5 Å². The molecule has 0 radical (unpaired) electrons. The average Bonchev–Trinajstić information content (AvgIpc) is 2.58. The van der Waals surface area contributed by atoms with Crippen LogP contribution in [-0.2, 0) is 8.92 Å². The molecule has 17 heavy (non-hydrogen) atoms. The smallest absolute Gasteiger partial charge is 0.338 e. The molecule has 1 fully saturated rings. The van der Waals surface area contributed by atoms with Crippen LogP contribution in [0.5, 0.6) is 0 Å². The molecule has 7 heteroatoms. The molecular weight excluding hydrogens is 251 g/mol. The summed E-state index contributed by atoms with van der Waals surface area (Å²) in [5.41, 5.74) is 0.0772. The van der Waals surface area contributed by atoms with Crippen molar-refractivity contribution >= 4 is 16.8 Å². The zero-order chi connectivity index (χ0) is 12.5. The van der Waals surface area contributed by atoms with Gasteiger partial charge in [-0.15, -0.1) is 0 Å². The van der Waals surface area contributed by atoms with Gasteiger partial charge in [0.25, 0.3) is 0 Å². The maximum atomic E-state index is 12.9. The molecule has 1 aliphatic rings. The number of rotatable bonds is 2. The Hall–Kier alpha value is -1.15. The summed E-state index contributed by atoms with van der Waals surface area (Å²) in [7, 11) is -3.08. The largest absolute Gasteiger partial charge is 0.455 e. The second kappa shape index (κ2) is 4.61. The number of ether oxygens (including phenoxy) is 1. The van der Waals surface area contributed by atoms with E-state index in [0.717, 1.165) is 6.07 Å². The van der Waals surface area contributed by atoms with Crippen molar-refractivity contribution in [2.45, 2.75) is 6.10 Å². The normalized spacial score (nSPS) is 24.3. The van der Waals surface area contributed by atoms with E-state index in [1.807, 2.05) is 0 Å². The van der Waals surface area contributed by atoms with Crippen molar-refractivity contribution in [1.82, 2.24) is 0 Å². The summed E-state index contributed by atoms with van der Waals surface area (Å²) in [6.07, 6.45) is -0.712. The molecule has 2 N–H and O–H groups in total. The Labute approximate surface area is 98.7 Å². The lowest BCUT2D eigenvalue weighted by Crippen LogP contribution is -2.21. The molecule has 1 aromatic carbocycles. The molecule has 5 nitrogen and oxygen atoms in total. The van der Waals surface area contributed by atoms with Gasteiger partial charge in [0.05, 0.1) is 22.2 Å². The van der Waals surface area contributed by atoms with Gasteiger partial charge in [-0.05, 0) is 18.2 Å². The Kier molecular flexibility index (Phi) is 3.34. The van der Waals surface area contributed by atoms with Gasteiger partial charge < -0.3 is 13.8 Å². The lowest BCUT2D eigenvalue weighted by Gasteiger charge is -2.17. The minimum Gasteiger partial charge on any atom is -0.455 e. The van der Waals surface area contributed by atoms with Gasteiger partial charge in [0.2, 0.25) is 0 Å². The van der Waals surface area contributed by atoms with Crippen LogP contribution in [0.4, 0.5) is 4.39 Å². The Bertz CT molecular complexity index is 436. The molecule has 0 bridgehead atoms. The summed E-state index contributed by atoms with van der Waals surface area (Å²) in [4.78, 5) is 11.6. The van der Waals surface area contributed by atoms with E-state index >= 15 is 0 Å². The zero-order valence-corrected chi connectivity index (χ0v) is 9.52. The Balaban J connectivity index is 1.98. The first-order valence-electron chi connectivity index (χ1n) is 4.83. The minimum absolute atomic E-state index is 0.0661. The van der Waals surface area contributed by atoms with Crippen LogP contribution in [0.15, 0.2) is 24.3 Å². The number of carbonyl (C=O) groups is 1. The van der Waals surface area contributed by atoms with E-state index in [9.17, 15) is 9.18 Å². The van der Waals surface area contributed by atoms with Gasteiger partial charge in [0.15, 0.2) is 0 Å². The highest BCUT2D eigenvalue weighted by Gasteiger charge is 2.35. The summed E-state index contributed by atoms with van der Waals surface area (Å²) in [5, 5.41) is 0. The Morgan fingerprint density at radius 2 is 2.29 bits per heavy atom. The van der Waals surface area contributed by atoms with Crippen molar-refractivity contribution in [3.05, 3.63) is 35.6 Å². The second-order valence-electron chi connectivity index (χ2n) is 3.60. The third-order valence-corrected chi connectivity index (χ3v) is 3.50. The number of esters is 1. The fraction of sp³-hybridized carbons (Fsp3) is 0.300. The van der Waals surface area contributed by atoms with Crippen molar-refractivity contribution < 1.29 is 27.2 Å². The van der Waals surface area contributed by atoms with Crippen LogP contribution in [0.3, 0.4) is 0 Å². The molecule has 1 saturated heterocycles. The van der Waals surface area contributed by atoms with Crippen LogP contribution in [0.2, 0.25) is 0 Å². The molecule has 0 aromatic heterocycles. The van der Waals surface area contributed by atoms with Gasteiger partial charge in [-0.3, -0.25) is 4.18 Å². The van der Waals surface area contributed by atoms with E-state index in [2.05, 4.69) is 4.18 Å². The second-order valence-corrected chi connectivity index (χ2v) is 5.38. The van der Waals surface area contributed by atoms with Crippen LogP contribution in [0.1, 0.15) is 10.4 Å². The summed E-state index contributed by atoms with van der Waals surface area (Å²) in [6, 6.07) is 5.08. The van der Waals surface area contributed by atoms with Crippen molar-refractivity contribution in [3.63, 3.8) is 0 Å². The molecule has 2 rings (SSSR count). The third kappa shape index (κ3) is 3.16. The predicted molar refractivity (Wildman–Crippen MR) is 59.3 cm³/mol. The van der Waals surface area contributed by atoms with Gasteiger partial charge >= 0.3 is 5.97 Å². The Morgan fingerprint density at radius 3 is 2.88 bits per heavy atom. The van der Waals surface area contributed by atoms with Crippen molar-refractivity contribution in [3.8, 4) is 0 Å². The molecular formula is C10H11FO5S. The fourth-order valence-corrected chi connectivity index (χ4v) is 2.54. The third-order valence-electron chi connectivity index (χ3n) is 2.18. The molecule has 0 aliphatic carbocycles. The van der Waals surface area contributed by atoms with E-state index < -0.39 is 28.8 Å². The monoisotopic (exact) mass is 262 g/mol. The number of halogens is 1. The highest BCUT2D eigenvalue weighted by molar-refractivity contribution is 8.20. The number of hydrogen-bond donors (Lipinski definition) is 2. The highest BCUT2D eigenvalue weighted by Crippen LogP contribution is 2.46. The van der Waals surface area contributed by atoms with E-state index in [-0.39, 0.29) is 17.9 Å². The van der Waals surface area contributed by atoms with Gasteiger partial charge in [-0.1, -0.05) is 6.07 Å². The SMILES string of the molecule is O=C(OC1COS(O)(O)C1)c1cccc(F)c1. The standard InChI is InChI=1S/C10H11FO5S/c11-8-3-1-2-7(4-8)10(12)16-9-5-15-17(13,14)6-9/h1-4,9,13-14H,5-6H2. The first-order chi connectivity index (χ1) is 7.96. The zero-order valence-electron chi connectivity index (χ0n) is 8.71. The van der Waals surface area contributed by atoms with E-state index in [4.69, 9.17) is 13.8 Å². The maximum Gasteiger partial charge on any atom is 0.338 e. The molecule has 1 aromatic rings. The van der Waals surface area contributed by atoms with Gasteiger partial charge in [0.1, 0.15) is 18.5 Å². The molecule has 94 valence electrons. The lowest BCUT2D eigenvalue weighted by molar-refractivity contribution is 0.0300. The minimum atomic E-state index is -3.08. The Morgan fingerprint density at radius 1 is 1.53 bits per heavy atom. The summed E-state index contributed by atoms with van der Waals surface area (Å²) < 4.78 is 40.8. The fourth-order valence-electron chi connectivity index (χ4n) is 1.43. The summed E-state index contributed by atoms with van der Waals surface area (Å²) in [6.45, 7) is -0.0661. The van der Waals surface area contributed by atoms with Crippen molar-refractivity contribution in [1.29, 1.82) is 0 Å². The van der Waals surface area contributed by atoms with Crippen molar-refractivity contribution in [2.75, 3.05) is 12.4 Å². The van der Waals surface area contributed by atoms with Crippen LogP contribution in [0, 0.1) is 5.82 Å². The molecule has 0 spiro atoms. The number of benzene rings is 1. The lowest BCUT2D eigenvalue weighted by atomic mass is 10.2. The molecule has 1 unspecified atom stereocenters. The molecule has 1 heterocycles. The van der Waals surface area contributed by atoms with Crippen LogP contribution >= 0.6 is 10.9 Å². The van der Waals surface area contributed by atoms with Gasteiger partial charge in [0, 0.05) is 0 Å². The first kappa shape index (κ1) is 12.3. The molecule has 1 aliphatic heterocycles. The van der Waals surface area contributed by atoms with Crippen LogP contribution < -0.4 is 0 Å². The predicted octanol–water partition coefficient (Wildman–Crippen LogP) is 2.05. The molecule has 1 atom stereocenters. The van der Waals surface area contributed by atoms with E-state index in [0.29, 0.717) is 0 Å². The first-order valence-corrected chi connectivity index (χ1v) is 6.47. The van der Waals surface area contributed by atoms with Gasteiger partial charge in [-0.25, -0.2) is 9.18 Å². The number of carbonyl (C=O) groups excluding carboxylic acids is 1. The average molecular weight is 262 g/mol. The maximum absolute atomic E-state index is 12.9. The number of hydrogen-bond acceptors (Lipinski definition) is 5. The van der Waals surface area contributed by atoms with E-state index in [1.54, 1.807) is 0 Å². The molecule has 0 amide bonds. The van der Waals surface area contributed by atoms with Gasteiger partial charge in [-0.2, -0.15) is 0 Å². The quantitative estimate of drug-likeness (QED) is 0.798. The summed E-state index contributed by atoms with van der Waals surface area (Å²) in [5.74, 6) is -1.39. The van der Waals surface area contributed by atoms with Crippen LogP contribution in [0.25, 0.3) is 0 Å². The highest BCUT2D eigenvalue weighted by atomic mass is 32.3. The van der Waals surface area contributed by atoms with E-state index in [1.165, 1.54) is 18.2 Å².